The lowest BCUT2D eigenvalue weighted by Crippen LogP contribution is -2.49. The van der Waals surface area contributed by atoms with Gasteiger partial charge in [0, 0.05) is 46.4 Å². The van der Waals surface area contributed by atoms with Crippen LogP contribution in [0.1, 0.15) is 31.7 Å². The van der Waals surface area contributed by atoms with E-state index in [0.717, 1.165) is 75.9 Å². The first-order chi connectivity index (χ1) is 14.2. The standard InChI is InChI=1S/C22H38N4O3/c1-5-29-21-17-18(8-9-20(21)28-4)7-6-12-24-22(23-2)25-19-10-13-26(14-11-19)15-16-27-3/h8-9,17,19H,5-7,10-16H2,1-4H3,(H2,23,24,25). The fourth-order valence-electron chi connectivity index (χ4n) is 3.55. The molecule has 0 aromatic heterocycles. The number of rotatable bonds is 11. The Morgan fingerprint density at radius 2 is 2.00 bits per heavy atom. The van der Waals surface area contributed by atoms with Crippen molar-refractivity contribution in [3.63, 3.8) is 0 Å². The maximum Gasteiger partial charge on any atom is 0.191 e. The Morgan fingerprint density at radius 3 is 2.66 bits per heavy atom. The Morgan fingerprint density at radius 1 is 1.21 bits per heavy atom. The number of hydrogen-bond donors (Lipinski definition) is 2. The number of piperidine rings is 1. The number of nitrogens with one attached hydrogen (secondary N) is 2. The third kappa shape index (κ3) is 8.11. The molecule has 1 aromatic carbocycles. The number of ether oxygens (including phenoxy) is 3. The molecule has 1 fully saturated rings. The summed E-state index contributed by atoms with van der Waals surface area (Å²) < 4.78 is 16.2. The number of methoxy groups -OCH3 is 2. The van der Waals surface area contributed by atoms with Crippen molar-refractivity contribution in [2.75, 3.05) is 60.7 Å². The van der Waals surface area contributed by atoms with Gasteiger partial charge in [-0.2, -0.15) is 0 Å². The molecule has 2 N–H and O–H groups in total. The lowest BCUT2D eigenvalue weighted by atomic mass is 10.1. The van der Waals surface area contributed by atoms with E-state index in [2.05, 4.69) is 32.7 Å². The smallest absolute Gasteiger partial charge is 0.191 e. The highest BCUT2D eigenvalue weighted by Gasteiger charge is 2.19. The summed E-state index contributed by atoms with van der Waals surface area (Å²) in [6, 6.07) is 6.64. The van der Waals surface area contributed by atoms with Gasteiger partial charge in [-0.05, 0) is 50.3 Å². The van der Waals surface area contributed by atoms with Crippen LogP contribution in [0.25, 0.3) is 0 Å². The Balaban J connectivity index is 1.69. The summed E-state index contributed by atoms with van der Waals surface area (Å²) in [4.78, 5) is 6.84. The third-order valence-corrected chi connectivity index (χ3v) is 5.23. The van der Waals surface area contributed by atoms with Crippen LogP contribution in [-0.2, 0) is 11.2 Å². The largest absolute Gasteiger partial charge is 0.493 e. The number of guanidine groups is 1. The van der Waals surface area contributed by atoms with Gasteiger partial charge in [-0.25, -0.2) is 0 Å². The molecule has 0 unspecified atom stereocenters. The van der Waals surface area contributed by atoms with Crippen molar-refractivity contribution in [3.05, 3.63) is 23.8 Å². The maximum absolute atomic E-state index is 5.66. The minimum atomic E-state index is 0.482. The Hall–Kier alpha value is -1.99. The molecule has 1 saturated heterocycles. The van der Waals surface area contributed by atoms with Gasteiger partial charge in [0.25, 0.3) is 0 Å². The zero-order valence-corrected chi connectivity index (χ0v) is 18.5. The number of hydrogen-bond acceptors (Lipinski definition) is 5. The Kier molecular flexibility index (Phi) is 10.7. The minimum absolute atomic E-state index is 0.482. The highest BCUT2D eigenvalue weighted by Crippen LogP contribution is 2.28. The number of aliphatic imine (C=N–C) groups is 1. The molecule has 0 aliphatic carbocycles. The SMILES string of the molecule is CCOc1cc(CCCNC(=NC)NC2CCN(CCOC)CC2)ccc1OC. The predicted octanol–water partition coefficient (Wildman–Crippen LogP) is 2.30. The van der Waals surface area contributed by atoms with Gasteiger partial charge >= 0.3 is 0 Å². The summed E-state index contributed by atoms with van der Waals surface area (Å²) in [5, 5.41) is 7.01. The summed E-state index contributed by atoms with van der Waals surface area (Å²) >= 11 is 0. The molecule has 1 aromatic rings. The van der Waals surface area contributed by atoms with Crippen LogP contribution in [0.5, 0.6) is 11.5 Å². The van der Waals surface area contributed by atoms with E-state index < -0.39 is 0 Å². The monoisotopic (exact) mass is 406 g/mol. The van der Waals surface area contributed by atoms with Crippen LogP contribution in [0, 0.1) is 0 Å². The van der Waals surface area contributed by atoms with Crippen molar-refractivity contribution in [2.24, 2.45) is 4.99 Å². The molecule has 0 saturated carbocycles. The molecule has 1 heterocycles. The molecular formula is C22H38N4O3. The van der Waals surface area contributed by atoms with E-state index in [1.165, 1.54) is 5.56 Å². The average molecular weight is 407 g/mol. The van der Waals surface area contributed by atoms with Gasteiger partial charge in [0.2, 0.25) is 0 Å². The fraction of sp³-hybridized carbons (Fsp3) is 0.682. The van der Waals surface area contributed by atoms with Crippen molar-refractivity contribution in [1.29, 1.82) is 0 Å². The second-order valence-electron chi connectivity index (χ2n) is 7.27. The van der Waals surface area contributed by atoms with Crippen LogP contribution in [0.3, 0.4) is 0 Å². The lowest BCUT2D eigenvalue weighted by molar-refractivity contribution is 0.128. The molecule has 2 rings (SSSR count). The Bertz CT molecular complexity index is 616. The van der Waals surface area contributed by atoms with E-state index in [-0.39, 0.29) is 0 Å². The quantitative estimate of drug-likeness (QED) is 0.334. The first-order valence-electron chi connectivity index (χ1n) is 10.7. The molecule has 164 valence electrons. The second-order valence-corrected chi connectivity index (χ2v) is 7.27. The predicted molar refractivity (Wildman–Crippen MR) is 118 cm³/mol. The van der Waals surface area contributed by atoms with Crippen molar-refractivity contribution in [1.82, 2.24) is 15.5 Å². The summed E-state index contributed by atoms with van der Waals surface area (Å²) in [5.74, 6) is 2.49. The van der Waals surface area contributed by atoms with Gasteiger partial charge < -0.3 is 29.7 Å². The average Bonchev–Trinajstić information content (AvgIpc) is 2.75. The summed E-state index contributed by atoms with van der Waals surface area (Å²) in [6.07, 6.45) is 4.27. The summed E-state index contributed by atoms with van der Waals surface area (Å²) in [5.41, 5.74) is 1.25. The molecule has 0 amide bonds. The number of likely N-dealkylation sites (tertiary alicyclic amines) is 1. The van der Waals surface area contributed by atoms with E-state index in [1.54, 1.807) is 14.2 Å². The number of nitrogens with zero attached hydrogens (tertiary/aromatic N) is 2. The summed E-state index contributed by atoms with van der Waals surface area (Å²) in [7, 11) is 5.26. The zero-order valence-electron chi connectivity index (χ0n) is 18.5. The van der Waals surface area contributed by atoms with Crippen molar-refractivity contribution in [3.8, 4) is 11.5 Å². The molecule has 1 aliphatic rings. The fourth-order valence-corrected chi connectivity index (χ4v) is 3.55. The molecule has 0 radical (unpaired) electrons. The maximum atomic E-state index is 5.66. The summed E-state index contributed by atoms with van der Waals surface area (Å²) in [6.45, 7) is 7.54. The molecule has 0 spiro atoms. The van der Waals surface area contributed by atoms with Crippen molar-refractivity contribution in [2.45, 2.75) is 38.6 Å². The van der Waals surface area contributed by atoms with E-state index in [0.29, 0.717) is 12.6 Å². The van der Waals surface area contributed by atoms with Gasteiger partial charge in [-0.1, -0.05) is 6.07 Å². The van der Waals surface area contributed by atoms with Gasteiger partial charge in [-0.3, -0.25) is 4.99 Å². The molecule has 1 aliphatic heterocycles. The van der Waals surface area contributed by atoms with Crippen molar-refractivity contribution >= 4 is 5.96 Å². The zero-order chi connectivity index (χ0) is 20.9. The van der Waals surface area contributed by atoms with Crippen LogP contribution in [0.15, 0.2) is 23.2 Å². The van der Waals surface area contributed by atoms with Gasteiger partial charge in [0.1, 0.15) is 0 Å². The number of benzene rings is 1. The van der Waals surface area contributed by atoms with Crippen LogP contribution in [-0.4, -0.2) is 77.6 Å². The van der Waals surface area contributed by atoms with Crippen LogP contribution < -0.4 is 20.1 Å². The van der Waals surface area contributed by atoms with Crippen LogP contribution >= 0.6 is 0 Å². The third-order valence-electron chi connectivity index (χ3n) is 5.23. The van der Waals surface area contributed by atoms with E-state index in [1.807, 2.05) is 20.0 Å². The normalized spacial score (nSPS) is 15.9. The van der Waals surface area contributed by atoms with Crippen molar-refractivity contribution < 1.29 is 14.2 Å². The molecule has 0 bridgehead atoms. The van der Waals surface area contributed by atoms with Gasteiger partial charge in [-0.15, -0.1) is 0 Å². The van der Waals surface area contributed by atoms with Gasteiger partial charge in [0.15, 0.2) is 17.5 Å². The topological polar surface area (TPSA) is 67.4 Å². The van der Waals surface area contributed by atoms with E-state index >= 15 is 0 Å². The minimum Gasteiger partial charge on any atom is -0.493 e. The molecule has 7 nitrogen and oxygen atoms in total. The number of aryl methyl sites for hydroxylation is 1. The molecule has 29 heavy (non-hydrogen) atoms. The Labute approximate surface area is 175 Å². The van der Waals surface area contributed by atoms with E-state index in [4.69, 9.17) is 14.2 Å². The first kappa shape index (κ1) is 23.3. The van der Waals surface area contributed by atoms with E-state index in [9.17, 15) is 0 Å². The molecule has 0 atom stereocenters. The van der Waals surface area contributed by atoms with Gasteiger partial charge in [0.05, 0.1) is 20.3 Å². The second kappa shape index (κ2) is 13.3. The molecular weight excluding hydrogens is 368 g/mol. The highest BCUT2D eigenvalue weighted by atomic mass is 16.5. The van der Waals surface area contributed by atoms with Crippen LogP contribution in [0.4, 0.5) is 0 Å². The molecule has 7 heteroatoms. The lowest BCUT2D eigenvalue weighted by Gasteiger charge is -2.32. The van der Waals surface area contributed by atoms with Crippen LogP contribution in [0.2, 0.25) is 0 Å². The first-order valence-corrected chi connectivity index (χ1v) is 10.7. The highest BCUT2D eigenvalue weighted by molar-refractivity contribution is 5.79.